The Morgan fingerprint density at radius 3 is 2.76 bits per heavy atom. The van der Waals surface area contributed by atoms with Crippen molar-refractivity contribution >= 4 is 23.4 Å². The van der Waals surface area contributed by atoms with Crippen LogP contribution in [-0.4, -0.2) is 59.0 Å². The zero-order chi connectivity index (χ0) is 19.6. The van der Waals surface area contributed by atoms with Crippen molar-refractivity contribution in [1.82, 2.24) is 20.1 Å². The SMILES string of the molecule is O=C(c1ccco1)N1CCN(c2nncc(Nc3ccc4c(c3)OCO4)n2)CC1. The summed E-state index contributed by atoms with van der Waals surface area (Å²) in [6.07, 6.45) is 3.06. The molecule has 5 rings (SSSR count). The van der Waals surface area contributed by atoms with Gasteiger partial charge < -0.3 is 29.0 Å². The van der Waals surface area contributed by atoms with Crippen LogP contribution >= 0.6 is 0 Å². The highest BCUT2D eigenvalue weighted by molar-refractivity contribution is 5.91. The lowest BCUT2D eigenvalue weighted by atomic mass is 10.3. The number of carbonyl (C=O) groups excluding carboxylic acids is 1. The Morgan fingerprint density at radius 1 is 1.07 bits per heavy atom. The average molecular weight is 394 g/mol. The number of hydrogen-bond acceptors (Lipinski definition) is 9. The van der Waals surface area contributed by atoms with Crippen LogP contribution in [0.3, 0.4) is 0 Å². The standard InChI is InChI=1S/C19H18N6O4/c26-18(15-2-1-9-27-15)24-5-7-25(8-6-24)19-22-17(11-20-23-19)21-13-3-4-14-16(10-13)29-12-28-14/h1-4,9-11H,5-8,12H2,(H,21,22,23). The van der Waals surface area contributed by atoms with E-state index in [0.717, 1.165) is 11.4 Å². The Balaban J connectivity index is 1.24. The predicted octanol–water partition coefficient (Wildman–Crippen LogP) is 1.90. The summed E-state index contributed by atoms with van der Waals surface area (Å²) in [5.41, 5.74) is 0.814. The van der Waals surface area contributed by atoms with Crippen molar-refractivity contribution in [3.05, 3.63) is 48.6 Å². The molecule has 1 aromatic carbocycles. The Kier molecular flexibility index (Phi) is 4.35. The molecule has 0 radical (unpaired) electrons. The van der Waals surface area contributed by atoms with Crippen molar-refractivity contribution in [3.8, 4) is 11.5 Å². The van der Waals surface area contributed by atoms with Gasteiger partial charge in [0.1, 0.15) is 0 Å². The molecule has 29 heavy (non-hydrogen) atoms. The monoisotopic (exact) mass is 394 g/mol. The highest BCUT2D eigenvalue weighted by atomic mass is 16.7. The van der Waals surface area contributed by atoms with Gasteiger partial charge in [-0.2, -0.15) is 10.1 Å². The van der Waals surface area contributed by atoms with Crippen LogP contribution in [0.2, 0.25) is 0 Å². The number of piperazine rings is 1. The van der Waals surface area contributed by atoms with E-state index in [1.165, 1.54) is 6.26 Å². The van der Waals surface area contributed by atoms with Gasteiger partial charge in [0.25, 0.3) is 5.91 Å². The van der Waals surface area contributed by atoms with E-state index in [0.29, 0.717) is 49.5 Å². The number of amides is 1. The molecule has 2 aliphatic heterocycles. The molecule has 1 fully saturated rings. The first-order valence-electron chi connectivity index (χ1n) is 9.20. The van der Waals surface area contributed by atoms with Gasteiger partial charge in [-0.3, -0.25) is 4.79 Å². The van der Waals surface area contributed by atoms with Crippen LogP contribution in [0.15, 0.2) is 47.2 Å². The lowest BCUT2D eigenvalue weighted by molar-refractivity contribution is 0.0714. The van der Waals surface area contributed by atoms with Crippen LogP contribution in [0.25, 0.3) is 0 Å². The van der Waals surface area contributed by atoms with E-state index in [1.54, 1.807) is 23.2 Å². The number of rotatable bonds is 4. The molecule has 1 saturated heterocycles. The molecule has 148 valence electrons. The quantitative estimate of drug-likeness (QED) is 0.710. The second-order valence-electron chi connectivity index (χ2n) is 6.59. The zero-order valence-electron chi connectivity index (χ0n) is 15.4. The Labute approximate surface area is 166 Å². The number of benzene rings is 1. The van der Waals surface area contributed by atoms with Crippen molar-refractivity contribution in [2.24, 2.45) is 0 Å². The first kappa shape index (κ1) is 17.3. The number of carbonyl (C=O) groups is 1. The Morgan fingerprint density at radius 2 is 1.93 bits per heavy atom. The maximum atomic E-state index is 12.4. The van der Waals surface area contributed by atoms with Gasteiger partial charge in [0.2, 0.25) is 12.7 Å². The molecule has 4 heterocycles. The maximum Gasteiger partial charge on any atom is 0.289 e. The summed E-state index contributed by atoms with van der Waals surface area (Å²) < 4.78 is 15.9. The van der Waals surface area contributed by atoms with Crippen molar-refractivity contribution in [3.63, 3.8) is 0 Å². The van der Waals surface area contributed by atoms with Crippen molar-refractivity contribution in [2.45, 2.75) is 0 Å². The molecule has 1 N–H and O–H groups in total. The van der Waals surface area contributed by atoms with Crippen LogP contribution in [0.4, 0.5) is 17.5 Å². The minimum absolute atomic E-state index is 0.105. The molecular weight excluding hydrogens is 376 g/mol. The Bertz CT molecular complexity index is 1020. The molecular formula is C19H18N6O4. The van der Waals surface area contributed by atoms with Gasteiger partial charge >= 0.3 is 0 Å². The molecule has 0 saturated carbocycles. The second kappa shape index (κ2) is 7.30. The van der Waals surface area contributed by atoms with Gasteiger partial charge in [0, 0.05) is 37.9 Å². The van der Waals surface area contributed by atoms with Gasteiger partial charge in [-0.1, -0.05) is 0 Å². The van der Waals surface area contributed by atoms with Crippen LogP contribution < -0.4 is 19.7 Å². The third kappa shape index (κ3) is 3.51. The first-order chi connectivity index (χ1) is 14.3. The van der Waals surface area contributed by atoms with Gasteiger partial charge in [0.05, 0.1) is 12.5 Å². The summed E-state index contributed by atoms with van der Waals surface area (Å²) in [6, 6.07) is 8.96. The van der Waals surface area contributed by atoms with Gasteiger partial charge in [-0.25, -0.2) is 0 Å². The van der Waals surface area contributed by atoms with Crippen molar-refractivity contribution in [2.75, 3.05) is 43.2 Å². The van der Waals surface area contributed by atoms with Gasteiger partial charge in [-0.15, -0.1) is 5.10 Å². The van der Waals surface area contributed by atoms with Crippen molar-refractivity contribution < 1.29 is 18.7 Å². The molecule has 2 aromatic heterocycles. The number of nitrogens with zero attached hydrogens (tertiary/aromatic N) is 5. The number of fused-ring (bicyclic) bond motifs is 1. The number of aromatic nitrogens is 3. The normalized spacial score (nSPS) is 15.4. The molecule has 0 atom stereocenters. The summed E-state index contributed by atoms with van der Waals surface area (Å²) in [6.45, 7) is 2.57. The average Bonchev–Trinajstić information content (AvgIpc) is 3.45. The van der Waals surface area contributed by atoms with E-state index in [2.05, 4.69) is 20.5 Å². The minimum Gasteiger partial charge on any atom is -0.459 e. The zero-order valence-corrected chi connectivity index (χ0v) is 15.4. The molecule has 0 spiro atoms. The highest BCUT2D eigenvalue weighted by Gasteiger charge is 2.25. The van der Waals surface area contributed by atoms with E-state index >= 15 is 0 Å². The van der Waals surface area contributed by atoms with E-state index in [9.17, 15) is 4.79 Å². The van der Waals surface area contributed by atoms with Crippen LogP contribution in [-0.2, 0) is 0 Å². The fourth-order valence-electron chi connectivity index (χ4n) is 3.28. The predicted molar refractivity (Wildman–Crippen MR) is 102 cm³/mol. The largest absolute Gasteiger partial charge is 0.459 e. The third-order valence-electron chi connectivity index (χ3n) is 4.77. The van der Waals surface area contributed by atoms with Crippen LogP contribution in [0, 0.1) is 0 Å². The molecule has 0 aliphatic carbocycles. The van der Waals surface area contributed by atoms with Gasteiger partial charge in [0.15, 0.2) is 23.1 Å². The van der Waals surface area contributed by atoms with E-state index < -0.39 is 0 Å². The maximum absolute atomic E-state index is 12.4. The summed E-state index contributed by atoms with van der Waals surface area (Å²) in [7, 11) is 0. The summed E-state index contributed by atoms with van der Waals surface area (Å²) in [4.78, 5) is 20.7. The van der Waals surface area contributed by atoms with E-state index in [-0.39, 0.29) is 12.7 Å². The van der Waals surface area contributed by atoms with Crippen LogP contribution in [0.1, 0.15) is 10.6 Å². The van der Waals surface area contributed by atoms with Crippen LogP contribution in [0.5, 0.6) is 11.5 Å². The molecule has 10 nitrogen and oxygen atoms in total. The highest BCUT2D eigenvalue weighted by Crippen LogP contribution is 2.34. The summed E-state index contributed by atoms with van der Waals surface area (Å²) >= 11 is 0. The van der Waals surface area contributed by atoms with Crippen molar-refractivity contribution in [1.29, 1.82) is 0 Å². The van der Waals surface area contributed by atoms with E-state index in [1.807, 2.05) is 23.1 Å². The number of ether oxygens (including phenoxy) is 2. The topological polar surface area (TPSA) is 106 Å². The molecule has 0 unspecified atom stereocenters. The molecule has 3 aromatic rings. The fourth-order valence-corrected chi connectivity index (χ4v) is 3.28. The Hall–Kier alpha value is -3.82. The van der Waals surface area contributed by atoms with Gasteiger partial charge in [-0.05, 0) is 24.3 Å². The first-order valence-corrected chi connectivity index (χ1v) is 9.20. The lowest BCUT2D eigenvalue weighted by Crippen LogP contribution is -2.49. The smallest absolute Gasteiger partial charge is 0.289 e. The third-order valence-corrected chi connectivity index (χ3v) is 4.77. The minimum atomic E-state index is -0.105. The molecule has 1 amide bonds. The fraction of sp³-hybridized carbons (Fsp3) is 0.263. The second-order valence-corrected chi connectivity index (χ2v) is 6.59. The number of hydrogen-bond donors (Lipinski definition) is 1. The summed E-state index contributed by atoms with van der Waals surface area (Å²) in [5.74, 6) is 2.75. The number of furan rings is 1. The molecule has 2 aliphatic rings. The molecule has 10 heteroatoms. The van der Waals surface area contributed by atoms with E-state index in [4.69, 9.17) is 13.9 Å². The number of nitrogens with one attached hydrogen (secondary N) is 1. The number of anilines is 3. The lowest BCUT2D eigenvalue weighted by Gasteiger charge is -2.34. The molecule has 0 bridgehead atoms. The summed E-state index contributed by atoms with van der Waals surface area (Å²) in [5, 5.41) is 11.4.